The summed E-state index contributed by atoms with van der Waals surface area (Å²) in [5.74, 6) is -0.104. The maximum absolute atomic E-state index is 13.4. The minimum absolute atomic E-state index is 0.104. The molecule has 2 aliphatic rings. The second kappa shape index (κ2) is 11.2. The predicted molar refractivity (Wildman–Crippen MR) is 141 cm³/mol. The van der Waals surface area contributed by atoms with Gasteiger partial charge in [-0.05, 0) is 42.4 Å². The van der Waals surface area contributed by atoms with E-state index in [1.165, 1.54) is 10.4 Å². The van der Waals surface area contributed by atoms with Crippen molar-refractivity contribution in [3.63, 3.8) is 0 Å². The molecule has 2 fully saturated rings. The first kappa shape index (κ1) is 28.9. The summed E-state index contributed by atoms with van der Waals surface area (Å²) >= 11 is 11.9. The summed E-state index contributed by atoms with van der Waals surface area (Å²) in [6.07, 6.45) is -3.41. The Bertz CT molecular complexity index is 1270. The van der Waals surface area contributed by atoms with Crippen LogP contribution in [-0.2, 0) is 22.7 Å². The molecule has 2 aromatic carbocycles. The Morgan fingerprint density at radius 3 is 2.21 bits per heavy atom. The van der Waals surface area contributed by atoms with Gasteiger partial charge in [-0.3, -0.25) is 4.90 Å². The number of amides is 2. The zero-order valence-electron chi connectivity index (χ0n) is 21.0. The Morgan fingerprint density at radius 1 is 1.00 bits per heavy atom. The lowest BCUT2D eigenvalue weighted by Crippen LogP contribution is -2.53. The normalized spacial score (nSPS) is 21.4. The van der Waals surface area contributed by atoms with E-state index in [2.05, 4.69) is 0 Å². The zero-order valence-corrected chi connectivity index (χ0v) is 23.3. The Kier molecular flexibility index (Phi) is 8.54. The number of sulfonamides is 1. The van der Waals surface area contributed by atoms with Crippen LogP contribution in [0.5, 0.6) is 0 Å². The van der Waals surface area contributed by atoms with Gasteiger partial charge in [-0.25, -0.2) is 13.2 Å². The summed E-state index contributed by atoms with van der Waals surface area (Å²) < 4.78 is 65.2. The summed E-state index contributed by atoms with van der Waals surface area (Å²) in [6, 6.07) is 10.9. The van der Waals surface area contributed by atoms with Crippen LogP contribution in [0.25, 0.3) is 0 Å². The molecular weight excluding hydrogens is 564 g/mol. The number of likely N-dealkylation sites (N-methyl/N-ethyl adjacent to an activating group) is 1. The van der Waals surface area contributed by atoms with Crippen LogP contribution in [-0.4, -0.2) is 92.1 Å². The Balaban J connectivity index is 1.53. The number of nitrogens with zero attached hydrogens (tertiary/aromatic N) is 4. The van der Waals surface area contributed by atoms with Crippen molar-refractivity contribution < 1.29 is 26.4 Å². The number of piperazine rings is 1. The molecule has 0 N–H and O–H groups in total. The topological polar surface area (TPSA) is 64.2 Å². The Labute approximate surface area is 230 Å². The molecule has 38 heavy (non-hydrogen) atoms. The lowest BCUT2D eigenvalue weighted by molar-refractivity contribution is -0.137. The number of hydrogen-bond donors (Lipinski definition) is 0. The van der Waals surface area contributed by atoms with E-state index in [-0.39, 0.29) is 42.6 Å². The van der Waals surface area contributed by atoms with Gasteiger partial charge in [-0.15, -0.1) is 0 Å². The van der Waals surface area contributed by atoms with Crippen LogP contribution >= 0.6 is 23.2 Å². The molecule has 13 heteroatoms. The van der Waals surface area contributed by atoms with Crippen LogP contribution in [0.4, 0.5) is 18.0 Å². The molecule has 0 spiro atoms. The fourth-order valence-electron chi connectivity index (χ4n) is 5.13. The molecule has 0 aliphatic carbocycles. The Hall–Kier alpha value is -2.05. The lowest BCUT2D eigenvalue weighted by Gasteiger charge is -2.35. The number of benzene rings is 2. The van der Waals surface area contributed by atoms with Crippen LogP contribution in [0.2, 0.25) is 10.0 Å². The monoisotopic (exact) mass is 592 g/mol. The molecule has 0 saturated carbocycles. The van der Waals surface area contributed by atoms with Crippen LogP contribution < -0.4 is 0 Å². The van der Waals surface area contributed by atoms with Crippen molar-refractivity contribution in [1.29, 1.82) is 0 Å². The summed E-state index contributed by atoms with van der Waals surface area (Å²) in [4.78, 5) is 18.8. The van der Waals surface area contributed by atoms with Gasteiger partial charge in [0.15, 0.2) is 0 Å². The molecule has 2 aliphatic heterocycles. The van der Waals surface area contributed by atoms with Crippen LogP contribution in [0.3, 0.4) is 0 Å². The zero-order chi connectivity index (χ0) is 27.8. The maximum Gasteiger partial charge on any atom is 0.417 e. The third-order valence-corrected chi connectivity index (χ3v) is 9.05. The Morgan fingerprint density at radius 2 is 1.63 bits per heavy atom. The molecule has 2 aromatic rings. The van der Waals surface area contributed by atoms with Gasteiger partial charge in [0.05, 0.1) is 16.8 Å². The molecular formula is C25H29Cl2F3N4O3S. The van der Waals surface area contributed by atoms with Crippen LogP contribution in [0, 0.1) is 0 Å². The number of rotatable bonds is 5. The van der Waals surface area contributed by atoms with Gasteiger partial charge < -0.3 is 9.80 Å². The van der Waals surface area contributed by atoms with E-state index < -0.39 is 21.8 Å². The second-order valence-electron chi connectivity index (χ2n) is 9.79. The number of carbonyl (C=O) groups excluding carboxylic acids is 1. The highest BCUT2D eigenvalue weighted by molar-refractivity contribution is 7.88. The molecule has 208 valence electrons. The molecule has 4 rings (SSSR count). The van der Waals surface area contributed by atoms with E-state index >= 15 is 0 Å². The molecule has 2 atom stereocenters. The highest BCUT2D eigenvalue weighted by atomic mass is 35.5. The maximum atomic E-state index is 13.4. The van der Waals surface area contributed by atoms with Crippen LogP contribution in [0.1, 0.15) is 22.6 Å². The molecule has 2 heterocycles. The average molecular weight is 593 g/mol. The quantitative estimate of drug-likeness (QED) is 0.509. The van der Waals surface area contributed by atoms with Gasteiger partial charge in [-0.2, -0.15) is 17.5 Å². The first-order chi connectivity index (χ1) is 17.7. The molecule has 7 nitrogen and oxygen atoms in total. The first-order valence-corrected chi connectivity index (χ1v) is 14.6. The number of alkyl halides is 3. The van der Waals surface area contributed by atoms with Gasteiger partial charge in [0.25, 0.3) is 0 Å². The summed E-state index contributed by atoms with van der Waals surface area (Å²) in [5, 5.41) is 0.228. The van der Waals surface area contributed by atoms with Gasteiger partial charge in [0.1, 0.15) is 0 Å². The number of urea groups is 1. The number of halogens is 5. The fraction of sp³-hybridized carbons (Fsp3) is 0.480. The van der Waals surface area contributed by atoms with Crippen LogP contribution in [0.15, 0.2) is 42.5 Å². The van der Waals surface area contributed by atoms with E-state index in [0.29, 0.717) is 36.8 Å². The van der Waals surface area contributed by atoms with Crippen molar-refractivity contribution >= 4 is 39.3 Å². The summed E-state index contributed by atoms with van der Waals surface area (Å²) in [6.45, 7) is 2.06. The van der Waals surface area contributed by atoms with Gasteiger partial charge in [0, 0.05) is 62.8 Å². The molecule has 2 saturated heterocycles. The molecule has 0 radical (unpaired) electrons. The standard InChI is InChI=1S/C25H29Cl2F3N4O3S/c1-31(14-17-3-8-22(27)21(13-17)25(28,29)30)23-16-33(15-20(23)18-4-6-19(26)7-5-18)24(35)32-9-11-34(12-10-32)38(2,36)37/h3-8,13,20,23H,9-12,14-16H2,1-2H3/t20-,23-/m1/s1. The van der Waals surface area contributed by atoms with E-state index in [4.69, 9.17) is 23.2 Å². The third-order valence-electron chi connectivity index (χ3n) is 7.17. The third kappa shape index (κ3) is 6.56. The van der Waals surface area contributed by atoms with Crippen molar-refractivity contribution in [3.05, 3.63) is 69.2 Å². The van der Waals surface area contributed by atoms with Crippen molar-refractivity contribution in [2.24, 2.45) is 0 Å². The first-order valence-electron chi connectivity index (χ1n) is 12.0. The average Bonchev–Trinajstić information content (AvgIpc) is 3.30. The van der Waals surface area contributed by atoms with Crippen molar-refractivity contribution in [2.45, 2.75) is 24.7 Å². The second-order valence-corrected chi connectivity index (χ2v) is 12.6. The minimum Gasteiger partial charge on any atom is -0.322 e. The van der Waals surface area contributed by atoms with Gasteiger partial charge in [-0.1, -0.05) is 41.4 Å². The number of hydrogen-bond acceptors (Lipinski definition) is 4. The summed E-state index contributed by atoms with van der Waals surface area (Å²) in [7, 11) is -1.49. The van der Waals surface area contributed by atoms with E-state index in [0.717, 1.165) is 17.9 Å². The highest BCUT2D eigenvalue weighted by Gasteiger charge is 2.41. The minimum atomic E-state index is -4.56. The van der Waals surface area contributed by atoms with Crippen molar-refractivity contribution in [1.82, 2.24) is 19.0 Å². The molecule has 0 bridgehead atoms. The van der Waals surface area contributed by atoms with E-state index in [1.54, 1.807) is 28.0 Å². The van der Waals surface area contributed by atoms with E-state index in [1.807, 2.05) is 24.1 Å². The highest BCUT2D eigenvalue weighted by Crippen LogP contribution is 2.36. The predicted octanol–water partition coefficient (Wildman–Crippen LogP) is 4.61. The molecule has 2 amide bonds. The molecule has 0 aromatic heterocycles. The van der Waals surface area contributed by atoms with E-state index in [9.17, 15) is 26.4 Å². The SMILES string of the molecule is CN(Cc1ccc(Cl)c(C(F)(F)F)c1)[C@@H]1CN(C(=O)N2CCN(S(C)(=O)=O)CC2)C[C@@H]1c1ccc(Cl)cc1. The van der Waals surface area contributed by atoms with Gasteiger partial charge >= 0.3 is 12.2 Å². The number of carbonyl (C=O) groups is 1. The lowest BCUT2D eigenvalue weighted by atomic mass is 9.93. The smallest absolute Gasteiger partial charge is 0.322 e. The summed E-state index contributed by atoms with van der Waals surface area (Å²) in [5.41, 5.74) is 0.548. The van der Waals surface area contributed by atoms with Crippen molar-refractivity contribution in [3.8, 4) is 0 Å². The fourth-order valence-corrected chi connectivity index (χ4v) is 6.31. The molecule has 0 unspecified atom stereocenters. The number of likely N-dealkylation sites (tertiary alicyclic amines) is 1. The van der Waals surface area contributed by atoms with Crippen molar-refractivity contribution in [2.75, 3.05) is 52.6 Å². The van der Waals surface area contributed by atoms with Gasteiger partial charge in [0.2, 0.25) is 10.0 Å². The largest absolute Gasteiger partial charge is 0.417 e.